The molecule has 0 atom stereocenters. The third-order valence-corrected chi connectivity index (χ3v) is 6.33. The average molecular weight is 278 g/mol. The van der Waals surface area contributed by atoms with Crippen LogP contribution in [-0.2, 0) is 0 Å². The number of imide groups is 1. The van der Waals surface area contributed by atoms with E-state index in [0.717, 1.165) is 0 Å². The Balaban J connectivity index is 2.08. The zero-order valence-corrected chi connectivity index (χ0v) is 10.2. The summed E-state index contributed by atoms with van der Waals surface area (Å²) >= 11 is -1.73. The summed E-state index contributed by atoms with van der Waals surface area (Å²) in [6.45, 7) is 0. The second-order valence-electron chi connectivity index (χ2n) is 3.53. The molecule has 0 bridgehead atoms. The zero-order chi connectivity index (χ0) is 11.1. The van der Waals surface area contributed by atoms with E-state index in [-0.39, 0.29) is 11.8 Å². The Morgan fingerprint density at radius 3 is 1.88 bits per heavy atom. The van der Waals surface area contributed by atoms with Gasteiger partial charge in [0, 0.05) is 0 Å². The summed E-state index contributed by atoms with van der Waals surface area (Å²) in [5.41, 5.74) is 1.08. The van der Waals surface area contributed by atoms with Crippen LogP contribution >= 0.6 is 0 Å². The zero-order valence-electron chi connectivity index (χ0n) is 8.33. The summed E-state index contributed by atoms with van der Waals surface area (Å²) in [7, 11) is 0. The summed E-state index contributed by atoms with van der Waals surface area (Å²) < 4.78 is 1.44. The van der Waals surface area contributed by atoms with Crippen LogP contribution in [0.5, 0.6) is 0 Å². The van der Waals surface area contributed by atoms with E-state index in [2.05, 4.69) is 0 Å². The van der Waals surface area contributed by atoms with Gasteiger partial charge < -0.3 is 0 Å². The molecule has 0 fully saturated rings. The Morgan fingerprint density at radius 2 is 1.38 bits per heavy atom. The van der Waals surface area contributed by atoms with Crippen LogP contribution in [0.1, 0.15) is 20.7 Å². The van der Waals surface area contributed by atoms with Crippen molar-refractivity contribution in [3.05, 3.63) is 57.5 Å². The minimum atomic E-state index is -1.73. The van der Waals surface area contributed by atoms with Crippen molar-refractivity contribution in [2.75, 3.05) is 0 Å². The Bertz CT molecular complexity index is 501. The van der Waals surface area contributed by atoms with Crippen molar-refractivity contribution in [1.29, 1.82) is 0 Å². The molecule has 80 valence electrons. The van der Waals surface area contributed by atoms with Crippen LogP contribution in [0.3, 0.4) is 0 Å². The van der Waals surface area contributed by atoms with Gasteiger partial charge in [0.1, 0.15) is 0 Å². The molecule has 16 heavy (non-hydrogen) atoms. The van der Waals surface area contributed by atoms with Gasteiger partial charge in [0.25, 0.3) is 0 Å². The van der Waals surface area contributed by atoms with E-state index >= 15 is 0 Å². The molecule has 1 aromatic rings. The fourth-order valence-corrected chi connectivity index (χ4v) is 5.10. The topological polar surface area (TPSA) is 37.4 Å². The third-order valence-electron chi connectivity index (χ3n) is 2.59. The van der Waals surface area contributed by atoms with E-state index < -0.39 is 14.1 Å². The first kappa shape index (κ1) is 9.58. The molecule has 2 amide bonds. The number of carbonyl (C=O) groups excluding carboxylic acids is 2. The van der Waals surface area contributed by atoms with Gasteiger partial charge in [0.05, 0.1) is 0 Å². The molecule has 3 nitrogen and oxygen atoms in total. The van der Waals surface area contributed by atoms with Crippen LogP contribution in [-0.4, -0.2) is 29.8 Å². The number of amides is 2. The molecule has 0 saturated heterocycles. The monoisotopic (exact) mass is 279 g/mol. The van der Waals surface area contributed by atoms with Gasteiger partial charge in [-0.3, -0.25) is 0 Å². The first-order chi connectivity index (χ1) is 7.79. The van der Waals surface area contributed by atoms with Gasteiger partial charge in [-0.15, -0.1) is 0 Å². The molecule has 0 spiro atoms. The van der Waals surface area contributed by atoms with Gasteiger partial charge in [-0.1, -0.05) is 0 Å². The van der Waals surface area contributed by atoms with Crippen molar-refractivity contribution in [1.82, 2.24) is 3.92 Å². The molecule has 2 aliphatic heterocycles. The number of hydrogen-bond donors (Lipinski definition) is 0. The maximum absolute atomic E-state index is 12.1. The molecule has 0 unspecified atom stereocenters. The fraction of sp³-hybridized carbons (Fsp3) is 0. The first-order valence-corrected chi connectivity index (χ1v) is 7.91. The molecule has 0 aliphatic carbocycles. The molecular formula is C12H9NO2Se. The van der Waals surface area contributed by atoms with Crippen LogP contribution in [0, 0.1) is 0 Å². The normalized spacial score (nSPS) is 19.8. The number of fused-ring (bicyclic) bond motifs is 1. The van der Waals surface area contributed by atoms with E-state index in [9.17, 15) is 9.59 Å². The molecule has 2 heterocycles. The molecule has 1 aromatic carbocycles. The predicted molar refractivity (Wildman–Crippen MR) is 62.4 cm³/mol. The van der Waals surface area contributed by atoms with Gasteiger partial charge in [-0.05, 0) is 0 Å². The Hall–Kier alpha value is -1.64. The molecule has 0 aromatic heterocycles. The van der Waals surface area contributed by atoms with E-state index in [0.29, 0.717) is 11.1 Å². The maximum atomic E-state index is 12.1. The van der Waals surface area contributed by atoms with Crippen LogP contribution < -0.4 is 0 Å². The third kappa shape index (κ3) is 1.21. The molecular weight excluding hydrogens is 269 g/mol. The van der Waals surface area contributed by atoms with Crippen LogP contribution in [0.25, 0.3) is 0 Å². The van der Waals surface area contributed by atoms with Gasteiger partial charge in [0.15, 0.2) is 0 Å². The van der Waals surface area contributed by atoms with Crippen LogP contribution in [0.2, 0.25) is 0 Å². The summed E-state index contributed by atoms with van der Waals surface area (Å²) in [6, 6.07) is 7.01. The molecule has 0 radical (unpaired) electrons. The Morgan fingerprint density at radius 1 is 0.875 bits per heavy atom. The first-order valence-electron chi connectivity index (χ1n) is 4.90. The second kappa shape index (κ2) is 3.44. The Labute approximate surface area is 97.2 Å². The molecule has 0 N–H and O–H groups in total. The predicted octanol–water partition coefficient (Wildman–Crippen LogP) is 1.21. The van der Waals surface area contributed by atoms with Crippen molar-refractivity contribution in [2.45, 2.75) is 0 Å². The van der Waals surface area contributed by atoms with Crippen molar-refractivity contribution >= 4 is 25.9 Å². The van der Waals surface area contributed by atoms with Gasteiger partial charge in [0.2, 0.25) is 0 Å². The summed E-state index contributed by atoms with van der Waals surface area (Å²) in [5.74, 6) is -0.284. The summed E-state index contributed by atoms with van der Waals surface area (Å²) in [5, 5.41) is 0. The van der Waals surface area contributed by atoms with E-state index in [4.69, 9.17) is 0 Å². The van der Waals surface area contributed by atoms with Crippen LogP contribution in [0.4, 0.5) is 0 Å². The second-order valence-corrected chi connectivity index (χ2v) is 7.22. The fourth-order valence-electron chi connectivity index (χ4n) is 1.85. The number of benzene rings is 1. The van der Waals surface area contributed by atoms with Crippen molar-refractivity contribution < 1.29 is 9.59 Å². The van der Waals surface area contributed by atoms with Gasteiger partial charge in [-0.2, -0.15) is 0 Å². The van der Waals surface area contributed by atoms with Crippen molar-refractivity contribution in [3.63, 3.8) is 0 Å². The minimum absolute atomic E-state index is 0.142. The number of carbonyl (C=O) groups is 2. The van der Waals surface area contributed by atoms with Crippen molar-refractivity contribution in [2.24, 2.45) is 0 Å². The van der Waals surface area contributed by atoms with E-state index in [1.165, 1.54) is 3.92 Å². The number of nitrogens with zero attached hydrogens (tertiary/aromatic N) is 1. The number of hydrogen-bond acceptors (Lipinski definition) is 2. The van der Waals surface area contributed by atoms with Crippen molar-refractivity contribution in [3.8, 4) is 0 Å². The Kier molecular flexibility index (Phi) is 2.06. The SMILES string of the molecule is O=C1c2ccccc2C(=O)N1[SeH]1C=CC=C1. The molecule has 2 aliphatic rings. The standard InChI is InChI=1S/C12H9NO2Se/c14-11-9-5-1-2-6-10(9)12(15)13(11)16-7-3-4-8-16/h1-8,16H. The summed E-state index contributed by atoms with van der Waals surface area (Å²) in [6.07, 6.45) is 3.81. The quantitative estimate of drug-likeness (QED) is 0.572. The average Bonchev–Trinajstić information content (AvgIpc) is 2.89. The summed E-state index contributed by atoms with van der Waals surface area (Å²) in [4.78, 5) is 28.1. The number of rotatable bonds is 1. The van der Waals surface area contributed by atoms with Gasteiger partial charge >= 0.3 is 96.9 Å². The molecule has 0 saturated carbocycles. The molecule has 4 heteroatoms. The molecule has 3 rings (SSSR count). The van der Waals surface area contributed by atoms with Gasteiger partial charge in [-0.25, -0.2) is 0 Å². The number of allylic oxidation sites excluding steroid dienone is 2. The van der Waals surface area contributed by atoms with Crippen LogP contribution in [0.15, 0.2) is 46.4 Å². The van der Waals surface area contributed by atoms with E-state index in [1.807, 2.05) is 22.1 Å². The van der Waals surface area contributed by atoms with E-state index in [1.54, 1.807) is 24.3 Å².